The molecule has 0 aliphatic rings. The van der Waals surface area contributed by atoms with E-state index < -0.39 is 11.9 Å². The molecule has 3 rings (SSSR count). The number of anilines is 1. The number of amides is 1. The summed E-state index contributed by atoms with van der Waals surface area (Å²) in [6, 6.07) is 12.3. The Hall–Kier alpha value is -1.86. The number of halogens is 3. The maximum absolute atomic E-state index is 12.7. The highest BCUT2D eigenvalue weighted by Gasteiger charge is 2.24. The molecule has 0 aliphatic heterocycles. The third kappa shape index (κ3) is 4.41. The Morgan fingerprint density at radius 3 is 2.32 bits per heavy atom. The number of hydrogen-bond acceptors (Lipinski definition) is 4. The molecule has 0 saturated heterocycles. The van der Waals surface area contributed by atoms with Gasteiger partial charge in [0.2, 0.25) is 0 Å². The van der Waals surface area contributed by atoms with Gasteiger partial charge in [-0.25, -0.2) is 4.79 Å². The minimum Gasteiger partial charge on any atom is -0.462 e. The van der Waals surface area contributed by atoms with Gasteiger partial charge in [0.15, 0.2) is 0 Å². The number of nitrogens with one attached hydrogen (secondary N) is 1. The first kappa shape index (κ1) is 20.9. The summed E-state index contributed by atoms with van der Waals surface area (Å²) in [6.07, 6.45) is 0. The number of rotatable bonds is 5. The van der Waals surface area contributed by atoms with Crippen LogP contribution in [0, 0.1) is 0 Å². The van der Waals surface area contributed by atoms with Gasteiger partial charge in [-0.3, -0.25) is 4.79 Å². The van der Waals surface area contributed by atoms with Gasteiger partial charge in [-0.2, -0.15) is 0 Å². The van der Waals surface area contributed by atoms with Crippen molar-refractivity contribution in [2.45, 2.75) is 6.92 Å². The first-order chi connectivity index (χ1) is 13.4. The zero-order chi connectivity index (χ0) is 20.3. The lowest BCUT2D eigenvalue weighted by Gasteiger charge is -2.10. The van der Waals surface area contributed by atoms with Gasteiger partial charge in [0, 0.05) is 15.4 Å². The average Bonchev–Trinajstić information content (AvgIpc) is 3.06. The molecule has 1 heterocycles. The second kappa shape index (κ2) is 9.09. The second-order valence-electron chi connectivity index (χ2n) is 5.63. The Morgan fingerprint density at radius 2 is 1.71 bits per heavy atom. The summed E-state index contributed by atoms with van der Waals surface area (Å²) in [6.45, 7) is 1.95. The Labute approximate surface area is 184 Å². The van der Waals surface area contributed by atoms with E-state index in [4.69, 9.17) is 27.9 Å². The summed E-state index contributed by atoms with van der Waals surface area (Å²) in [5.41, 5.74) is 1.96. The Kier molecular flexibility index (Phi) is 6.78. The normalized spacial score (nSPS) is 10.6. The fourth-order valence-corrected chi connectivity index (χ4v) is 4.36. The number of carbonyl (C=O) groups excluding carboxylic acids is 2. The molecule has 8 heteroatoms. The predicted octanol–water partition coefficient (Wildman–Crippen LogP) is 6.91. The molecule has 1 N–H and O–H groups in total. The summed E-state index contributed by atoms with van der Waals surface area (Å²) in [7, 11) is 0. The molecular formula is C20H14BrCl2NO3S. The molecule has 1 amide bonds. The summed E-state index contributed by atoms with van der Waals surface area (Å²) >= 11 is 16.9. The van der Waals surface area contributed by atoms with Crippen LogP contribution >= 0.6 is 50.5 Å². The van der Waals surface area contributed by atoms with E-state index in [1.165, 1.54) is 11.3 Å². The monoisotopic (exact) mass is 497 g/mol. The van der Waals surface area contributed by atoms with Crippen molar-refractivity contribution in [3.05, 3.63) is 73.5 Å². The van der Waals surface area contributed by atoms with Crippen molar-refractivity contribution in [3.63, 3.8) is 0 Å². The van der Waals surface area contributed by atoms with E-state index in [0.29, 0.717) is 16.1 Å². The maximum atomic E-state index is 12.7. The van der Waals surface area contributed by atoms with Crippen molar-refractivity contribution < 1.29 is 14.3 Å². The third-order valence-corrected chi connectivity index (χ3v) is 5.90. The third-order valence-electron chi connectivity index (χ3n) is 3.84. The van der Waals surface area contributed by atoms with Crippen LogP contribution in [0.2, 0.25) is 10.0 Å². The molecule has 0 aliphatic carbocycles. The number of carbonyl (C=O) groups is 2. The van der Waals surface area contributed by atoms with Crippen LogP contribution in [-0.2, 0) is 4.74 Å². The quantitative estimate of drug-likeness (QED) is 0.388. The molecule has 3 aromatic rings. The fraction of sp³-hybridized carbons (Fsp3) is 0.100. The molecule has 0 saturated carbocycles. The SMILES string of the molecule is CCOC(=O)c1c(-c2ccc(Br)cc2)csc1NC(=O)c1c(Cl)cccc1Cl. The molecule has 28 heavy (non-hydrogen) atoms. The Bertz CT molecular complexity index is 1010. The molecule has 0 fully saturated rings. The van der Waals surface area contributed by atoms with E-state index in [2.05, 4.69) is 21.2 Å². The van der Waals surface area contributed by atoms with E-state index in [1.807, 2.05) is 24.3 Å². The minimum absolute atomic E-state index is 0.152. The second-order valence-corrected chi connectivity index (χ2v) is 8.24. The summed E-state index contributed by atoms with van der Waals surface area (Å²) in [5.74, 6) is -1.01. The van der Waals surface area contributed by atoms with Gasteiger partial charge in [0.05, 0.1) is 22.2 Å². The Balaban J connectivity index is 2.02. The van der Waals surface area contributed by atoms with E-state index in [1.54, 1.807) is 30.5 Å². The van der Waals surface area contributed by atoms with Crippen LogP contribution in [-0.4, -0.2) is 18.5 Å². The number of ether oxygens (including phenoxy) is 1. The van der Waals surface area contributed by atoms with E-state index in [9.17, 15) is 9.59 Å². The Morgan fingerprint density at radius 1 is 1.07 bits per heavy atom. The van der Waals surface area contributed by atoms with Crippen LogP contribution in [0.25, 0.3) is 11.1 Å². The van der Waals surface area contributed by atoms with Gasteiger partial charge < -0.3 is 10.1 Å². The number of esters is 1. The minimum atomic E-state index is -0.512. The summed E-state index contributed by atoms with van der Waals surface area (Å²) in [4.78, 5) is 25.4. The molecule has 0 unspecified atom stereocenters. The fourth-order valence-electron chi connectivity index (χ4n) is 2.58. The first-order valence-corrected chi connectivity index (χ1v) is 10.6. The average molecular weight is 499 g/mol. The van der Waals surface area contributed by atoms with Crippen molar-refractivity contribution in [2.24, 2.45) is 0 Å². The standard InChI is InChI=1S/C20H14BrCl2NO3S/c1-2-27-20(26)16-13(11-6-8-12(21)9-7-11)10-28-19(16)24-18(25)17-14(22)4-3-5-15(17)23/h3-10H,2H2,1H3,(H,24,25). The molecule has 144 valence electrons. The van der Waals surface area contributed by atoms with Gasteiger partial charge in [-0.15, -0.1) is 11.3 Å². The van der Waals surface area contributed by atoms with Crippen LogP contribution < -0.4 is 5.32 Å². The number of hydrogen-bond donors (Lipinski definition) is 1. The number of benzene rings is 2. The van der Waals surface area contributed by atoms with Crippen LogP contribution in [0.3, 0.4) is 0 Å². The summed E-state index contributed by atoms with van der Waals surface area (Å²) < 4.78 is 6.12. The van der Waals surface area contributed by atoms with Crippen LogP contribution in [0.15, 0.2) is 52.3 Å². The lowest BCUT2D eigenvalue weighted by molar-refractivity contribution is 0.0529. The van der Waals surface area contributed by atoms with E-state index >= 15 is 0 Å². The summed E-state index contributed by atoms with van der Waals surface area (Å²) in [5, 5.41) is 5.39. The van der Waals surface area contributed by atoms with Crippen LogP contribution in [0.4, 0.5) is 5.00 Å². The van der Waals surface area contributed by atoms with E-state index in [-0.39, 0.29) is 22.2 Å². The van der Waals surface area contributed by atoms with Gasteiger partial charge in [0.1, 0.15) is 10.6 Å². The molecule has 4 nitrogen and oxygen atoms in total. The zero-order valence-electron chi connectivity index (χ0n) is 14.6. The van der Waals surface area contributed by atoms with Crippen molar-refractivity contribution in [3.8, 4) is 11.1 Å². The van der Waals surface area contributed by atoms with Crippen LogP contribution in [0.1, 0.15) is 27.6 Å². The van der Waals surface area contributed by atoms with Gasteiger partial charge in [-0.1, -0.05) is 57.3 Å². The molecule has 0 spiro atoms. The van der Waals surface area contributed by atoms with Gasteiger partial charge >= 0.3 is 5.97 Å². The molecule has 0 bridgehead atoms. The van der Waals surface area contributed by atoms with Crippen molar-refractivity contribution in [2.75, 3.05) is 11.9 Å². The van der Waals surface area contributed by atoms with Crippen molar-refractivity contribution in [1.29, 1.82) is 0 Å². The highest BCUT2D eigenvalue weighted by molar-refractivity contribution is 9.10. The topological polar surface area (TPSA) is 55.4 Å². The molecule has 1 aromatic heterocycles. The lowest BCUT2D eigenvalue weighted by Crippen LogP contribution is -2.15. The largest absolute Gasteiger partial charge is 0.462 e. The van der Waals surface area contributed by atoms with Crippen molar-refractivity contribution >= 4 is 67.3 Å². The van der Waals surface area contributed by atoms with Crippen molar-refractivity contribution in [1.82, 2.24) is 0 Å². The van der Waals surface area contributed by atoms with E-state index in [0.717, 1.165) is 10.0 Å². The molecule has 0 atom stereocenters. The molecule has 2 aromatic carbocycles. The highest BCUT2D eigenvalue weighted by Crippen LogP contribution is 2.37. The maximum Gasteiger partial charge on any atom is 0.341 e. The highest BCUT2D eigenvalue weighted by atomic mass is 79.9. The smallest absolute Gasteiger partial charge is 0.341 e. The number of thiophene rings is 1. The van der Waals surface area contributed by atoms with Gasteiger partial charge in [0.25, 0.3) is 5.91 Å². The molecular weight excluding hydrogens is 485 g/mol. The predicted molar refractivity (Wildman–Crippen MR) is 118 cm³/mol. The first-order valence-electron chi connectivity index (χ1n) is 8.22. The van der Waals surface area contributed by atoms with Gasteiger partial charge in [-0.05, 0) is 36.8 Å². The van der Waals surface area contributed by atoms with Crippen LogP contribution in [0.5, 0.6) is 0 Å². The lowest BCUT2D eigenvalue weighted by atomic mass is 10.0. The molecule has 0 radical (unpaired) electrons. The zero-order valence-corrected chi connectivity index (χ0v) is 18.5.